The van der Waals surface area contributed by atoms with Crippen LogP contribution in [0.1, 0.15) is 12.8 Å². The Morgan fingerprint density at radius 3 is 2.92 bits per heavy atom. The van der Waals surface area contributed by atoms with E-state index in [9.17, 15) is 9.59 Å². The monoisotopic (exact) mass is 531 g/mol. The number of hydrogen-bond donors (Lipinski definition) is 2. The highest BCUT2D eigenvalue weighted by Gasteiger charge is 2.44. The van der Waals surface area contributed by atoms with Gasteiger partial charge in [0.1, 0.15) is 21.3 Å². The second kappa shape index (κ2) is 8.86. The zero-order valence-electron chi connectivity index (χ0n) is 20.7. The summed E-state index contributed by atoms with van der Waals surface area (Å²) in [5, 5.41) is 8.07. The molecule has 7 heterocycles. The Labute approximate surface area is 220 Å². The molecule has 0 bridgehead atoms. The number of rotatable bonds is 5. The number of carbonyl (C=O) groups is 1. The number of H-pyrrole nitrogens is 1. The van der Waals surface area contributed by atoms with E-state index in [1.165, 1.54) is 11.3 Å². The quantitative estimate of drug-likeness (QED) is 0.355. The van der Waals surface area contributed by atoms with Crippen LogP contribution in [0.2, 0.25) is 0 Å². The number of anilines is 1. The van der Waals surface area contributed by atoms with Gasteiger partial charge in [0.25, 0.3) is 5.56 Å². The van der Waals surface area contributed by atoms with Crippen LogP contribution in [0.5, 0.6) is 5.88 Å². The highest BCUT2D eigenvalue weighted by atomic mass is 32.1. The Morgan fingerprint density at radius 1 is 1.26 bits per heavy atom. The summed E-state index contributed by atoms with van der Waals surface area (Å²) in [6.07, 6.45) is 7.26. The third-order valence-electron chi connectivity index (χ3n) is 7.45. The molecule has 7 rings (SSSR count). The molecule has 11 nitrogen and oxygen atoms in total. The van der Waals surface area contributed by atoms with E-state index in [1.807, 2.05) is 18.3 Å². The standard InChI is InChI=1S/C26H25N7O4S/c1-36-24-16(3-2-6-27-24)18-11-33-25(38-18)20-22(31-33)21-17(30-23(20)35)9-15(10-28-21)29-19(34)12-32-13-26(14-32)4-7-37-8-5-26/h2-3,6,9-11H,4-5,7-8,12-14H2,1H3,(H,29,34)(H,30,35). The molecular formula is C26H25N7O4S. The van der Waals surface area contributed by atoms with Crippen molar-refractivity contribution in [1.82, 2.24) is 29.5 Å². The molecule has 0 atom stereocenters. The fourth-order valence-corrected chi connectivity index (χ4v) is 6.73. The van der Waals surface area contributed by atoms with Crippen molar-refractivity contribution in [3.63, 3.8) is 0 Å². The number of hydrogen-bond acceptors (Lipinski definition) is 9. The molecule has 2 saturated heterocycles. The predicted molar refractivity (Wildman–Crippen MR) is 144 cm³/mol. The first-order valence-corrected chi connectivity index (χ1v) is 13.3. The second-order valence-corrected chi connectivity index (χ2v) is 11.0. The van der Waals surface area contributed by atoms with Crippen LogP contribution in [0, 0.1) is 5.41 Å². The van der Waals surface area contributed by atoms with Gasteiger partial charge in [0.15, 0.2) is 0 Å². The summed E-state index contributed by atoms with van der Waals surface area (Å²) in [5.74, 6) is 0.409. The normalized spacial score (nSPS) is 17.3. The SMILES string of the molecule is COc1ncccc1-c1cn2nc3c4ncc(NC(=O)CN5CC6(CCOCC6)C5)cc4[nH]c(=O)c3c2s1. The van der Waals surface area contributed by atoms with Crippen molar-refractivity contribution in [1.29, 1.82) is 0 Å². The number of aromatic amines is 1. The van der Waals surface area contributed by atoms with Gasteiger partial charge in [-0.25, -0.2) is 9.50 Å². The van der Waals surface area contributed by atoms with Gasteiger partial charge >= 0.3 is 0 Å². The molecule has 0 radical (unpaired) electrons. The van der Waals surface area contributed by atoms with Gasteiger partial charge in [-0.3, -0.25) is 19.5 Å². The van der Waals surface area contributed by atoms with Crippen molar-refractivity contribution in [2.75, 3.05) is 45.3 Å². The summed E-state index contributed by atoms with van der Waals surface area (Å²) in [5.41, 5.74) is 3.02. The summed E-state index contributed by atoms with van der Waals surface area (Å²) in [6, 6.07) is 5.49. The predicted octanol–water partition coefficient (Wildman–Crippen LogP) is 2.91. The molecule has 5 aromatic heterocycles. The maximum Gasteiger partial charge on any atom is 0.261 e. The van der Waals surface area contributed by atoms with Crippen molar-refractivity contribution in [2.24, 2.45) is 5.41 Å². The topological polar surface area (TPSA) is 127 Å². The maximum absolute atomic E-state index is 13.1. The van der Waals surface area contributed by atoms with Crippen LogP contribution < -0.4 is 15.6 Å². The van der Waals surface area contributed by atoms with Gasteiger partial charge in [0.05, 0.1) is 41.5 Å². The number of carbonyl (C=O) groups excluding carboxylic acids is 1. The van der Waals surface area contributed by atoms with Gasteiger partial charge in [-0.1, -0.05) is 0 Å². The third kappa shape index (κ3) is 3.83. The van der Waals surface area contributed by atoms with E-state index in [0.29, 0.717) is 50.3 Å². The largest absolute Gasteiger partial charge is 0.481 e. The van der Waals surface area contributed by atoms with Crippen LogP contribution in [0.25, 0.3) is 37.2 Å². The number of pyridine rings is 3. The first-order valence-electron chi connectivity index (χ1n) is 12.5. The highest BCUT2D eigenvalue weighted by Crippen LogP contribution is 2.39. The van der Waals surface area contributed by atoms with Crippen molar-refractivity contribution in [3.05, 3.63) is 47.1 Å². The lowest BCUT2D eigenvalue weighted by Crippen LogP contribution is -2.59. The van der Waals surface area contributed by atoms with E-state index in [2.05, 4.69) is 30.3 Å². The van der Waals surface area contributed by atoms with Gasteiger partial charge in [-0.15, -0.1) is 11.3 Å². The van der Waals surface area contributed by atoms with Crippen LogP contribution in [0.4, 0.5) is 5.69 Å². The van der Waals surface area contributed by atoms with Crippen molar-refractivity contribution in [3.8, 4) is 16.3 Å². The molecule has 12 heteroatoms. The van der Waals surface area contributed by atoms with Gasteiger partial charge in [0.2, 0.25) is 11.8 Å². The average molecular weight is 532 g/mol. The zero-order chi connectivity index (χ0) is 25.9. The van der Waals surface area contributed by atoms with Gasteiger partial charge in [-0.2, -0.15) is 5.10 Å². The van der Waals surface area contributed by atoms with E-state index in [1.54, 1.807) is 30.1 Å². The van der Waals surface area contributed by atoms with Crippen LogP contribution in [0.3, 0.4) is 0 Å². The molecular weight excluding hydrogens is 506 g/mol. The number of amides is 1. The minimum atomic E-state index is -0.262. The van der Waals surface area contributed by atoms with Crippen molar-refractivity contribution >= 4 is 49.7 Å². The smallest absolute Gasteiger partial charge is 0.261 e. The lowest BCUT2D eigenvalue weighted by molar-refractivity contribution is -0.124. The van der Waals surface area contributed by atoms with Crippen molar-refractivity contribution in [2.45, 2.75) is 12.8 Å². The third-order valence-corrected chi connectivity index (χ3v) is 8.58. The molecule has 0 aromatic carbocycles. The summed E-state index contributed by atoms with van der Waals surface area (Å²) in [4.78, 5) is 41.3. The molecule has 0 saturated carbocycles. The lowest BCUT2D eigenvalue weighted by Gasteiger charge is -2.52. The summed E-state index contributed by atoms with van der Waals surface area (Å²) >= 11 is 1.44. The Kier molecular flexibility index (Phi) is 5.42. The number of nitrogens with one attached hydrogen (secondary N) is 2. The molecule has 1 amide bonds. The van der Waals surface area contributed by atoms with E-state index in [0.717, 1.165) is 49.6 Å². The van der Waals surface area contributed by atoms with Gasteiger partial charge in [-0.05, 0) is 31.0 Å². The number of thiazole rings is 1. The molecule has 2 aliphatic heterocycles. The number of methoxy groups -OCH3 is 1. The van der Waals surface area contributed by atoms with E-state index in [4.69, 9.17) is 9.47 Å². The minimum absolute atomic E-state index is 0.0997. The first-order chi connectivity index (χ1) is 18.5. The molecule has 0 aliphatic carbocycles. The van der Waals surface area contributed by atoms with Gasteiger partial charge < -0.3 is 19.8 Å². The molecule has 2 N–H and O–H groups in total. The Balaban J connectivity index is 1.14. The number of ether oxygens (including phenoxy) is 2. The maximum atomic E-state index is 13.1. The van der Waals surface area contributed by atoms with Crippen LogP contribution in [-0.4, -0.2) is 75.3 Å². The Bertz CT molecular complexity index is 1760. The average Bonchev–Trinajstić information content (AvgIpc) is 3.47. The molecule has 2 fully saturated rings. The zero-order valence-corrected chi connectivity index (χ0v) is 21.5. The highest BCUT2D eigenvalue weighted by molar-refractivity contribution is 7.21. The molecule has 0 unspecified atom stereocenters. The molecule has 194 valence electrons. The van der Waals surface area contributed by atoms with Crippen LogP contribution in [-0.2, 0) is 9.53 Å². The lowest BCUT2D eigenvalue weighted by atomic mass is 9.73. The van der Waals surface area contributed by atoms with Crippen molar-refractivity contribution < 1.29 is 14.3 Å². The number of nitrogens with zero attached hydrogens (tertiary/aromatic N) is 5. The number of likely N-dealkylation sites (tertiary alicyclic amines) is 1. The summed E-state index contributed by atoms with van der Waals surface area (Å²) in [7, 11) is 1.58. The summed E-state index contributed by atoms with van der Waals surface area (Å²) < 4.78 is 12.6. The molecule has 38 heavy (non-hydrogen) atoms. The van der Waals surface area contributed by atoms with E-state index < -0.39 is 0 Å². The van der Waals surface area contributed by atoms with Gasteiger partial charge in [0, 0.05) is 44.1 Å². The van der Waals surface area contributed by atoms with Crippen LogP contribution >= 0.6 is 11.3 Å². The first kappa shape index (κ1) is 23.3. The molecule has 5 aromatic rings. The van der Waals surface area contributed by atoms with Crippen LogP contribution in [0.15, 0.2) is 41.6 Å². The fourth-order valence-electron chi connectivity index (χ4n) is 5.62. The molecule has 1 spiro atoms. The summed E-state index contributed by atoms with van der Waals surface area (Å²) in [6.45, 7) is 3.81. The second-order valence-electron chi connectivity index (χ2n) is 10.0. The number of aromatic nitrogens is 5. The van der Waals surface area contributed by atoms with E-state index in [-0.39, 0.29) is 11.5 Å². The fraction of sp³-hybridized carbons (Fsp3) is 0.346. The Hall–Kier alpha value is -3.87. The molecule has 2 aliphatic rings. The minimum Gasteiger partial charge on any atom is -0.481 e. The number of fused-ring (bicyclic) bond motifs is 5. The Morgan fingerprint density at radius 2 is 2.11 bits per heavy atom. The van der Waals surface area contributed by atoms with E-state index >= 15 is 0 Å².